The van der Waals surface area contributed by atoms with Gasteiger partial charge < -0.3 is 0 Å². The number of benzene rings is 1. The van der Waals surface area contributed by atoms with Crippen LogP contribution >= 0.6 is 11.6 Å². The normalized spacial score (nSPS) is 11.5. The molecular weight excluding hydrogens is 251 g/mol. The largest absolute Gasteiger partial charge is 0.417 e. The average molecular weight is 258 g/mol. The summed E-state index contributed by atoms with van der Waals surface area (Å²) in [6.45, 7) is 0. The van der Waals surface area contributed by atoms with Crippen LogP contribution in [0.5, 0.6) is 0 Å². The number of nitrogens with zero attached hydrogens (tertiary/aromatic N) is 1. The minimum absolute atomic E-state index is 0.0602. The van der Waals surface area contributed by atoms with E-state index in [1.165, 1.54) is 24.5 Å². The Morgan fingerprint density at radius 3 is 2.47 bits per heavy atom. The van der Waals surface area contributed by atoms with Gasteiger partial charge in [-0.3, -0.25) is 4.98 Å². The monoisotopic (exact) mass is 257 g/mol. The van der Waals surface area contributed by atoms with Crippen molar-refractivity contribution in [3.8, 4) is 11.1 Å². The number of aromatic nitrogens is 1. The van der Waals surface area contributed by atoms with Gasteiger partial charge in [0.25, 0.3) is 0 Å². The van der Waals surface area contributed by atoms with E-state index in [-0.39, 0.29) is 10.6 Å². The zero-order chi connectivity index (χ0) is 12.5. The van der Waals surface area contributed by atoms with Crippen LogP contribution in [0.3, 0.4) is 0 Å². The van der Waals surface area contributed by atoms with Crippen LogP contribution in [-0.2, 0) is 6.18 Å². The Bertz CT molecular complexity index is 523. The maximum absolute atomic E-state index is 12.8. The summed E-state index contributed by atoms with van der Waals surface area (Å²) in [7, 11) is 0. The second-order valence-electron chi connectivity index (χ2n) is 3.43. The minimum Gasteiger partial charge on any atom is -0.264 e. The summed E-state index contributed by atoms with van der Waals surface area (Å²) in [5, 5.41) is 0.0602. The van der Waals surface area contributed by atoms with Gasteiger partial charge in [-0.05, 0) is 23.8 Å². The van der Waals surface area contributed by atoms with E-state index in [2.05, 4.69) is 4.98 Å². The number of alkyl halides is 3. The van der Waals surface area contributed by atoms with Crippen molar-refractivity contribution in [1.29, 1.82) is 0 Å². The van der Waals surface area contributed by atoms with Crippen molar-refractivity contribution in [2.45, 2.75) is 6.18 Å². The molecule has 0 aliphatic rings. The fourth-order valence-corrected chi connectivity index (χ4v) is 1.70. The second kappa shape index (κ2) is 4.37. The molecule has 1 heterocycles. The highest BCUT2D eigenvalue weighted by Gasteiger charge is 2.33. The molecule has 0 radical (unpaired) electrons. The standard InChI is InChI=1S/C12H7ClF3N/c13-9-3-4-10(8-2-1-5-17-7-8)11(6-9)12(14,15)16/h1-7H. The molecule has 17 heavy (non-hydrogen) atoms. The smallest absolute Gasteiger partial charge is 0.264 e. The van der Waals surface area contributed by atoms with E-state index < -0.39 is 11.7 Å². The van der Waals surface area contributed by atoms with Gasteiger partial charge in [-0.25, -0.2) is 0 Å². The Balaban J connectivity index is 2.63. The molecule has 5 heteroatoms. The van der Waals surface area contributed by atoms with Gasteiger partial charge in [0.1, 0.15) is 0 Å². The van der Waals surface area contributed by atoms with Crippen LogP contribution in [0.25, 0.3) is 11.1 Å². The fourth-order valence-electron chi connectivity index (χ4n) is 1.52. The lowest BCUT2D eigenvalue weighted by atomic mass is 10.0. The third-order valence-electron chi connectivity index (χ3n) is 2.26. The van der Waals surface area contributed by atoms with Crippen molar-refractivity contribution in [2.24, 2.45) is 0 Å². The summed E-state index contributed by atoms with van der Waals surface area (Å²) in [5.41, 5.74) is -0.260. The molecule has 0 atom stereocenters. The van der Waals surface area contributed by atoms with Crippen LogP contribution in [0.2, 0.25) is 5.02 Å². The summed E-state index contributed by atoms with van der Waals surface area (Å²) >= 11 is 5.59. The summed E-state index contributed by atoms with van der Waals surface area (Å²) < 4.78 is 38.5. The molecule has 1 nitrogen and oxygen atoms in total. The van der Waals surface area contributed by atoms with Crippen molar-refractivity contribution < 1.29 is 13.2 Å². The number of rotatable bonds is 1. The van der Waals surface area contributed by atoms with Gasteiger partial charge in [0.05, 0.1) is 5.56 Å². The topological polar surface area (TPSA) is 12.9 Å². The Morgan fingerprint density at radius 2 is 1.88 bits per heavy atom. The highest BCUT2D eigenvalue weighted by atomic mass is 35.5. The lowest BCUT2D eigenvalue weighted by molar-refractivity contribution is -0.137. The molecule has 0 N–H and O–H groups in total. The van der Waals surface area contributed by atoms with E-state index in [9.17, 15) is 13.2 Å². The maximum Gasteiger partial charge on any atom is 0.417 e. The van der Waals surface area contributed by atoms with Crippen molar-refractivity contribution in [1.82, 2.24) is 4.98 Å². The van der Waals surface area contributed by atoms with E-state index in [0.29, 0.717) is 5.56 Å². The lowest BCUT2D eigenvalue weighted by Crippen LogP contribution is -2.07. The molecule has 0 saturated heterocycles. The molecule has 0 bridgehead atoms. The molecule has 0 fully saturated rings. The Morgan fingerprint density at radius 1 is 1.12 bits per heavy atom. The van der Waals surface area contributed by atoms with E-state index in [1.54, 1.807) is 12.1 Å². The number of hydrogen-bond acceptors (Lipinski definition) is 1. The van der Waals surface area contributed by atoms with Crippen LogP contribution in [0.4, 0.5) is 13.2 Å². The van der Waals surface area contributed by atoms with Crippen LogP contribution in [0.15, 0.2) is 42.7 Å². The third kappa shape index (κ3) is 2.58. The molecule has 88 valence electrons. The van der Waals surface area contributed by atoms with Crippen molar-refractivity contribution in [3.05, 3.63) is 53.3 Å². The highest BCUT2D eigenvalue weighted by molar-refractivity contribution is 6.30. The van der Waals surface area contributed by atoms with Crippen LogP contribution in [-0.4, -0.2) is 4.98 Å². The quantitative estimate of drug-likeness (QED) is 0.737. The van der Waals surface area contributed by atoms with Gasteiger partial charge in [0.15, 0.2) is 0 Å². The molecular formula is C12H7ClF3N. The third-order valence-corrected chi connectivity index (χ3v) is 2.49. The van der Waals surface area contributed by atoms with Crippen LogP contribution in [0, 0.1) is 0 Å². The summed E-state index contributed by atoms with van der Waals surface area (Å²) in [6.07, 6.45) is -1.54. The first-order valence-electron chi connectivity index (χ1n) is 4.75. The highest BCUT2D eigenvalue weighted by Crippen LogP contribution is 2.38. The van der Waals surface area contributed by atoms with E-state index in [0.717, 1.165) is 6.07 Å². The fraction of sp³-hybridized carbons (Fsp3) is 0.0833. The van der Waals surface area contributed by atoms with Crippen molar-refractivity contribution >= 4 is 11.6 Å². The first kappa shape index (κ1) is 11.9. The van der Waals surface area contributed by atoms with Crippen molar-refractivity contribution in [2.75, 3.05) is 0 Å². The zero-order valence-corrected chi connectivity index (χ0v) is 9.26. The van der Waals surface area contributed by atoms with E-state index in [4.69, 9.17) is 11.6 Å². The van der Waals surface area contributed by atoms with Gasteiger partial charge in [-0.2, -0.15) is 13.2 Å². The summed E-state index contributed by atoms with van der Waals surface area (Å²) in [4.78, 5) is 3.81. The van der Waals surface area contributed by atoms with Gasteiger partial charge in [0.2, 0.25) is 0 Å². The number of pyridine rings is 1. The minimum atomic E-state index is -4.43. The Kier molecular flexibility index (Phi) is 3.07. The molecule has 1 aromatic heterocycles. The number of halogens is 4. The lowest BCUT2D eigenvalue weighted by Gasteiger charge is -2.13. The SMILES string of the molecule is FC(F)(F)c1cc(Cl)ccc1-c1cccnc1. The average Bonchev–Trinajstić information content (AvgIpc) is 2.29. The Hall–Kier alpha value is -1.55. The predicted molar refractivity (Wildman–Crippen MR) is 59.7 cm³/mol. The van der Waals surface area contributed by atoms with Gasteiger partial charge in [0, 0.05) is 23.0 Å². The van der Waals surface area contributed by atoms with Crippen molar-refractivity contribution in [3.63, 3.8) is 0 Å². The molecule has 0 aliphatic heterocycles. The molecule has 0 unspecified atom stereocenters. The van der Waals surface area contributed by atoms with Gasteiger partial charge >= 0.3 is 6.18 Å². The molecule has 0 spiro atoms. The molecule has 0 aliphatic carbocycles. The van der Waals surface area contributed by atoms with Gasteiger partial charge in [-0.15, -0.1) is 0 Å². The second-order valence-corrected chi connectivity index (χ2v) is 3.87. The molecule has 2 aromatic rings. The van der Waals surface area contributed by atoms with Crippen LogP contribution < -0.4 is 0 Å². The molecule has 1 aromatic carbocycles. The van der Waals surface area contributed by atoms with Crippen LogP contribution in [0.1, 0.15) is 5.56 Å². The Labute approximate surface area is 101 Å². The maximum atomic E-state index is 12.8. The first-order valence-corrected chi connectivity index (χ1v) is 5.13. The van der Waals surface area contributed by atoms with Gasteiger partial charge in [-0.1, -0.05) is 23.7 Å². The summed E-state index contributed by atoms with van der Waals surface area (Å²) in [5.74, 6) is 0. The number of hydrogen-bond donors (Lipinski definition) is 0. The van der Waals surface area contributed by atoms with E-state index >= 15 is 0 Å². The first-order chi connectivity index (χ1) is 7.98. The molecule has 2 rings (SSSR count). The molecule has 0 amide bonds. The zero-order valence-electron chi connectivity index (χ0n) is 8.50. The van der Waals surface area contributed by atoms with E-state index in [1.807, 2.05) is 0 Å². The summed E-state index contributed by atoms with van der Waals surface area (Å²) in [6, 6.07) is 6.86. The predicted octanol–water partition coefficient (Wildman–Crippen LogP) is 4.42. The molecule has 0 saturated carbocycles.